The molecule has 1 fully saturated rings. The van der Waals surface area contributed by atoms with E-state index in [-0.39, 0.29) is 0 Å². The summed E-state index contributed by atoms with van der Waals surface area (Å²) in [5.74, 6) is 2.30. The Hall–Kier alpha value is -2.30. The van der Waals surface area contributed by atoms with Gasteiger partial charge in [0.25, 0.3) is 0 Å². The van der Waals surface area contributed by atoms with E-state index in [2.05, 4.69) is 20.6 Å². The number of aryl methyl sites for hydroxylation is 1. The van der Waals surface area contributed by atoms with Crippen molar-refractivity contribution in [2.24, 2.45) is 0 Å². The molecule has 5 heteroatoms. The molecule has 1 aromatic carbocycles. The summed E-state index contributed by atoms with van der Waals surface area (Å²) in [6.45, 7) is 4.60. The van der Waals surface area contributed by atoms with Crippen LogP contribution in [-0.2, 0) is 0 Å². The number of hydrogen-bond donors (Lipinski definition) is 2. The van der Waals surface area contributed by atoms with E-state index in [1.54, 1.807) is 0 Å². The lowest BCUT2D eigenvalue weighted by Gasteiger charge is -2.23. The molecule has 0 bridgehead atoms. The zero-order chi connectivity index (χ0) is 16.8. The van der Waals surface area contributed by atoms with Crippen LogP contribution >= 0.6 is 0 Å². The number of nitrogens with zero attached hydrogens (tertiary/aromatic N) is 2. The number of para-hydroxylation sites is 2. The maximum absolute atomic E-state index is 5.66. The molecule has 0 radical (unpaired) electrons. The van der Waals surface area contributed by atoms with Crippen molar-refractivity contribution in [2.45, 2.75) is 52.0 Å². The topological polar surface area (TPSA) is 59.1 Å². The molecule has 0 unspecified atom stereocenters. The predicted octanol–water partition coefficient (Wildman–Crippen LogP) is 4.67. The van der Waals surface area contributed by atoms with Gasteiger partial charge in [0.05, 0.1) is 12.3 Å². The fraction of sp³-hybridized carbons (Fsp3) is 0.474. The lowest BCUT2D eigenvalue weighted by molar-refractivity contribution is 0.342. The smallest absolute Gasteiger partial charge is 0.229 e. The summed E-state index contributed by atoms with van der Waals surface area (Å²) in [4.78, 5) is 9.14. The minimum absolute atomic E-state index is 0.525. The Labute approximate surface area is 143 Å². The van der Waals surface area contributed by atoms with E-state index in [9.17, 15) is 0 Å². The van der Waals surface area contributed by atoms with Crippen LogP contribution in [0.1, 0.15) is 44.7 Å². The van der Waals surface area contributed by atoms with Gasteiger partial charge in [-0.05, 0) is 38.8 Å². The molecule has 1 aromatic heterocycles. The molecule has 5 nitrogen and oxygen atoms in total. The first kappa shape index (κ1) is 16.6. The number of benzene rings is 1. The Morgan fingerprint density at radius 1 is 1.12 bits per heavy atom. The molecular weight excluding hydrogens is 300 g/mol. The van der Waals surface area contributed by atoms with Gasteiger partial charge in [-0.1, -0.05) is 31.4 Å². The number of anilines is 3. The molecule has 0 aliphatic heterocycles. The number of nitrogens with one attached hydrogen (secondary N) is 2. The van der Waals surface area contributed by atoms with Crippen LogP contribution in [0.15, 0.2) is 30.3 Å². The summed E-state index contributed by atoms with van der Waals surface area (Å²) >= 11 is 0. The van der Waals surface area contributed by atoms with Gasteiger partial charge in [0.2, 0.25) is 5.95 Å². The molecule has 1 saturated carbocycles. The first-order valence-electron chi connectivity index (χ1n) is 8.85. The van der Waals surface area contributed by atoms with Crippen LogP contribution in [0.25, 0.3) is 0 Å². The molecule has 1 aliphatic carbocycles. The van der Waals surface area contributed by atoms with Gasteiger partial charge in [-0.3, -0.25) is 0 Å². The Bertz CT molecular complexity index is 668. The van der Waals surface area contributed by atoms with E-state index in [1.165, 1.54) is 32.1 Å². The van der Waals surface area contributed by atoms with Crippen molar-refractivity contribution >= 4 is 17.5 Å². The third kappa shape index (κ3) is 4.37. The van der Waals surface area contributed by atoms with E-state index in [0.717, 1.165) is 22.9 Å². The minimum atomic E-state index is 0.525. The normalized spacial score (nSPS) is 15.1. The molecular formula is C19H26N4O. The van der Waals surface area contributed by atoms with Crippen molar-refractivity contribution in [2.75, 3.05) is 17.2 Å². The monoisotopic (exact) mass is 326 g/mol. The standard InChI is InChI=1S/C19H26N4O/c1-3-24-17-12-8-7-11-16(17)22-19-20-14(2)13-18(23-19)21-15-9-5-4-6-10-15/h7-8,11-13,15H,3-6,9-10H2,1-2H3,(H2,20,21,22,23). The van der Waals surface area contributed by atoms with Gasteiger partial charge in [-0.25, -0.2) is 4.98 Å². The first-order chi connectivity index (χ1) is 11.7. The third-order valence-corrected chi connectivity index (χ3v) is 4.24. The molecule has 0 amide bonds. The van der Waals surface area contributed by atoms with Gasteiger partial charge < -0.3 is 15.4 Å². The largest absolute Gasteiger partial charge is 0.492 e. The van der Waals surface area contributed by atoms with Crippen molar-refractivity contribution in [3.8, 4) is 5.75 Å². The second-order valence-corrected chi connectivity index (χ2v) is 6.25. The average Bonchev–Trinajstić information content (AvgIpc) is 2.57. The Kier molecular flexibility index (Phi) is 5.51. The quantitative estimate of drug-likeness (QED) is 0.807. The maximum Gasteiger partial charge on any atom is 0.229 e. The summed E-state index contributed by atoms with van der Waals surface area (Å²) in [7, 11) is 0. The van der Waals surface area contributed by atoms with Crippen LogP contribution in [0, 0.1) is 6.92 Å². The van der Waals surface area contributed by atoms with Gasteiger partial charge in [0.15, 0.2) is 0 Å². The third-order valence-electron chi connectivity index (χ3n) is 4.24. The Morgan fingerprint density at radius 3 is 2.71 bits per heavy atom. The lowest BCUT2D eigenvalue weighted by Crippen LogP contribution is -2.23. The van der Waals surface area contributed by atoms with E-state index in [1.807, 2.05) is 44.2 Å². The molecule has 2 aromatic rings. The van der Waals surface area contributed by atoms with Crippen molar-refractivity contribution < 1.29 is 4.74 Å². The molecule has 0 atom stereocenters. The van der Waals surface area contributed by atoms with Crippen LogP contribution in [0.3, 0.4) is 0 Å². The molecule has 128 valence electrons. The highest BCUT2D eigenvalue weighted by atomic mass is 16.5. The van der Waals surface area contributed by atoms with Crippen molar-refractivity contribution in [1.82, 2.24) is 9.97 Å². The summed E-state index contributed by atoms with van der Waals surface area (Å²) in [6.07, 6.45) is 6.39. The highest BCUT2D eigenvalue weighted by Gasteiger charge is 2.14. The summed E-state index contributed by atoms with van der Waals surface area (Å²) < 4.78 is 5.66. The average molecular weight is 326 g/mol. The second kappa shape index (κ2) is 7.99. The maximum atomic E-state index is 5.66. The van der Waals surface area contributed by atoms with Crippen LogP contribution in [0.5, 0.6) is 5.75 Å². The molecule has 24 heavy (non-hydrogen) atoms. The van der Waals surface area contributed by atoms with E-state index in [4.69, 9.17) is 4.74 Å². The van der Waals surface area contributed by atoms with Crippen molar-refractivity contribution in [1.29, 1.82) is 0 Å². The number of ether oxygens (including phenoxy) is 1. The highest BCUT2D eigenvalue weighted by molar-refractivity contribution is 5.63. The molecule has 0 saturated heterocycles. The van der Waals surface area contributed by atoms with Gasteiger partial charge in [0.1, 0.15) is 11.6 Å². The zero-order valence-electron chi connectivity index (χ0n) is 14.5. The lowest BCUT2D eigenvalue weighted by atomic mass is 9.95. The number of hydrogen-bond acceptors (Lipinski definition) is 5. The molecule has 3 rings (SSSR count). The van der Waals surface area contributed by atoms with Gasteiger partial charge >= 0.3 is 0 Å². The Morgan fingerprint density at radius 2 is 1.92 bits per heavy atom. The first-order valence-corrected chi connectivity index (χ1v) is 8.85. The predicted molar refractivity (Wildman–Crippen MR) is 98.2 cm³/mol. The second-order valence-electron chi connectivity index (χ2n) is 6.25. The van der Waals surface area contributed by atoms with E-state index >= 15 is 0 Å². The Balaban J connectivity index is 1.76. The van der Waals surface area contributed by atoms with Gasteiger partial charge in [-0.2, -0.15) is 4.98 Å². The van der Waals surface area contributed by atoms with E-state index < -0.39 is 0 Å². The molecule has 2 N–H and O–H groups in total. The van der Waals surface area contributed by atoms with Gasteiger partial charge in [0, 0.05) is 17.8 Å². The summed E-state index contributed by atoms with van der Waals surface area (Å²) in [5, 5.41) is 6.85. The van der Waals surface area contributed by atoms with Crippen molar-refractivity contribution in [3.63, 3.8) is 0 Å². The fourth-order valence-corrected chi connectivity index (χ4v) is 3.13. The van der Waals surface area contributed by atoms with Crippen LogP contribution < -0.4 is 15.4 Å². The highest BCUT2D eigenvalue weighted by Crippen LogP contribution is 2.27. The molecule has 1 heterocycles. The fourth-order valence-electron chi connectivity index (χ4n) is 3.13. The number of aromatic nitrogens is 2. The van der Waals surface area contributed by atoms with Crippen LogP contribution in [0.2, 0.25) is 0 Å². The number of rotatable bonds is 6. The summed E-state index contributed by atoms with van der Waals surface area (Å²) in [5.41, 5.74) is 1.83. The zero-order valence-corrected chi connectivity index (χ0v) is 14.5. The molecule has 0 spiro atoms. The van der Waals surface area contributed by atoms with Crippen LogP contribution in [-0.4, -0.2) is 22.6 Å². The molecule has 1 aliphatic rings. The summed E-state index contributed by atoms with van der Waals surface area (Å²) in [6, 6.07) is 10.4. The SMILES string of the molecule is CCOc1ccccc1Nc1nc(C)cc(NC2CCCCC2)n1. The van der Waals surface area contributed by atoms with E-state index in [0.29, 0.717) is 18.6 Å². The minimum Gasteiger partial charge on any atom is -0.492 e. The van der Waals surface area contributed by atoms with Crippen LogP contribution in [0.4, 0.5) is 17.5 Å². The van der Waals surface area contributed by atoms with Gasteiger partial charge in [-0.15, -0.1) is 0 Å². The van der Waals surface area contributed by atoms with Crippen molar-refractivity contribution in [3.05, 3.63) is 36.0 Å².